The molecule has 182 valence electrons. The molecular formula is C27H30N4O3S. The van der Waals surface area contributed by atoms with Crippen LogP contribution >= 0.6 is 11.3 Å². The second-order valence-electron chi connectivity index (χ2n) is 8.89. The summed E-state index contributed by atoms with van der Waals surface area (Å²) in [5.41, 5.74) is 3.22. The van der Waals surface area contributed by atoms with Gasteiger partial charge in [-0.2, -0.15) is 0 Å². The minimum absolute atomic E-state index is 0.0986. The molecule has 0 radical (unpaired) electrons. The Morgan fingerprint density at radius 3 is 2.49 bits per heavy atom. The van der Waals surface area contributed by atoms with Crippen LogP contribution in [-0.4, -0.2) is 35.3 Å². The number of nitrogens with one attached hydrogen (secondary N) is 2. The molecule has 1 fully saturated rings. The predicted molar refractivity (Wildman–Crippen MR) is 137 cm³/mol. The van der Waals surface area contributed by atoms with Crippen LogP contribution in [0.15, 0.2) is 60.2 Å². The Morgan fingerprint density at radius 2 is 1.83 bits per heavy atom. The first-order valence-electron chi connectivity index (χ1n) is 11.9. The maximum atomic E-state index is 13.7. The quantitative estimate of drug-likeness (QED) is 0.492. The standard InChI is InChI=1S/C27H30N4O3S/c1-18-9-10-22(19(2)16-18)31(24(32)17-29-26(33)23-8-5-15-35-23)25(20-11-13-28-14-12-20)27(34)30-21-6-3-4-7-21/h5,8-16,21,25H,3-4,6-7,17H2,1-2H3,(H,29,33)(H,30,34)/t25-/m1/s1. The third-order valence-electron chi connectivity index (χ3n) is 6.26. The van der Waals surface area contributed by atoms with Crippen molar-refractivity contribution in [1.82, 2.24) is 15.6 Å². The van der Waals surface area contributed by atoms with E-state index >= 15 is 0 Å². The first kappa shape index (κ1) is 24.6. The molecule has 3 aromatic rings. The van der Waals surface area contributed by atoms with E-state index in [2.05, 4.69) is 15.6 Å². The van der Waals surface area contributed by atoms with Gasteiger partial charge in [-0.05, 0) is 67.5 Å². The molecule has 1 aromatic carbocycles. The van der Waals surface area contributed by atoms with Gasteiger partial charge in [0.1, 0.15) is 6.04 Å². The Bertz CT molecular complexity index is 1170. The summed E-state index contributed by atoms with van der Waals surface area (Å²) in [6.07, 6.45) is 7.27. The third kappa shape index (κ3) is 5.95. The van der Waals surface area contributed by atoms with Gasteiger partial charge in [-0.1, -0.05) is 36.6 Å². The molecule has 0 spiro atoms. The third-order valence-corrected chi connectivity index (χ3v) is 7.12. The minimum atomic E-state index is -0.897. The summed E-state index contributed by atoms with van der Waals surface area (Å²) in [5, 5.41) is 7.69. The van der Waals surface area contributed by atoms with E-state index in [4.69, 9.17) is 0 Å². The molecule has 1 aliphatic carbocycles. The SMILES string of the molecule is Cc1ccc(N(C(=O)CNC(=O)c2cccs2)[C@@H](C(=O)NC2CCCC2)c2ccncc2)c(C)c1. The normalized spacial score (nSPS) is 14.3. The zero-order valence-corrected chi connectivity index (χ0v) is 20.8. The average Bonchev–Trinajstić information content (AvgIpc) is 3.56. The van der Waals surface area contributed by atoms with E-state index < -0.39 is 6.04 Å². The van der Waals surface area contributed by atoms with Crippen molar-refractivity contribution in [2.24, 2.45) is 0 Å². The number of amides is 3. The first-order chi connectivity index (χ1) is 16.9. The topological polar surface area (TPSA) is 91.4 Å². The molecule has 0 unspecified atom stereocenters. The van der Waals surface area contributed by atoms with Crippen LogP contribution in [0.3, 0.4) is 0 Å². The number of hydrogen-bond acceptors (Lipinski definition) is 5. The van der Waals surface area contributed by atoms with E-state index in [1.165, 1.54) is 16.2 Å². The molecule has 0 saturated heterocycles. The van der Waals surface area contributed by atoms with E-state index in [1.54, 1.807) is 36.7 Å². The highest BCUT2D eigenvalue weighted by Gasteiger charge is 2.35. The van der Waals surface area contributed by atoms with E-state index in [9.17, 15) is 14.4 Å². The van der Waals surface area contributed by atoms with Crippen LogP contribution in [0.1, 0.15) is 58.1 Å². The number of pyridine rings is 1. The van der Waals surface area contributed by atoms with Crippen LogP contribution in [0.2, 0.25) is 0 Å². The van der Waals surface area contributed by atoms with Gasteiger partial charge in [-0.15, -0.1) is 11.3 Å². The van der Waals surface area contributed by atoms with Gasteiger partial charge in [0, 0.05) is 24.1 Å². The Labute approximate surface area is 209 Å². The van der Waals surface area contributed by atoms with Gasteiger partial charge in [0.15, 0.2) is 0 Å². The molecule has 1 aliphatic rings. The van der Waals surface area contributed by atoms with Gasteiger partial charge >= 0.3 is 0 Å². The van der Waals surface area contributed by atoms with E-state index in [1.807, 2.05) is 37.4 Å². The molecule has 2 N–H and O–H groups in total. The van der Waals surface area contributed by atoms with Crippen molar-refractivity contribution >= 4 is 34.7 Å². The van der Waals surface area contributed by atoms with E-state index in [-0.39, 0.29) is 30.3 Å². The van der Waals surface area contributed by atoms with Gasteiger partial charge in [0.05, 0.1) is 11.4 Å². The van der Waals surface area contributed by atoms with Crippen molar-refractivity contribution in [2.75, 3.05) is 11.4 Å². The number of hydrogen-bond donors (Lipinski definition) is 2. The van der Waals surface area contributed by atoms with Crippen molar-refractivity contribution in [1.29, 1.82) is 0 Å². The molecule has 3 amide bonds. The number of aryl methyl sites for hydroxylation is 2. The maximum absolute atomic E-state index is 13.7. The fraction of sp³-hybridized carbons (Fsp3) is 0.333. The summed E-state index contributed by atoms with van der Waals surface area (Å²) >= 11 is 1.31. The highest BCUT2D eigenvalue weighted by atomic mass is 32.1. The molecule has 1 atom stereocenters. The molecule has 4 rings (SSSR count). The lowest BCUT2D eigenvalue weighted by molar-refractivity contribution is -0.126. The zero-order chi connectivity index (χ0) is 24.8. The van der Waals surface area contributed by atoms with Crippen LogP contribution in [0.4, 0.5) is 5.69 Å². The van der Waals surface area contributed by atoms with Gasteiger partial charge in [-0.3, -0.25) is 24.3 Å². The van der Waals surface area contributed by atoms with Crippen LogP contribution in [0, 0.1) is 13.8 Å². The van der Waals surface area contributed by atoms with Crippen molar-refractivity contribution in [2.45, 2.75) is 51.6 Å². The van der Waals surface area contributed by atoms with Crippen molar-refractivity contribution in [3.63, 3.8) is 0 Å². The summed E-state index contributed by atoms with van der Waals surface area (Å²) in [5.74, 6) is -0.920. The fourth-order valence-corrected chi connectivity index (χ4v) is 5.18. The van der Waals surface area contributed by atoms with E-state index in [0.717, 1.165) is 36.8 Å². The Morgan fingerprint density at radius 1 is 1.09 bits per heavy atom. The molecule has 0 aliphatic heterocycles. The molecular weight excluding hydrogens is 460 g/mol. The van der Waals surface area contributed by atoms with Crippen molar-refractivity contribution in [3.05, 3.63) is 81.8 Å². The van der Waals surface area contributed by atoms with Gasteiger partial charge in [0.2, 0.25) is 11.8 Å². The second-order valence-corrected chi connectivity index (χ2v) is 9.83. The smallest absolute Gasteiger partial charge is 0.261 e. The summed E-state index contributed by atoms with van der Waals surface area (Å²) in [4.78, 5) is 46.1. The average molecular weight is 491 g/mol. The zero-order valence-electron chi connectivity index (χ0n) is 20.0. The molecule has 7 nitrogen and oxygen atoms in total. The summed E-state index contributed by atoms with van der Waals surface area (Å²) in [7, 11) is 0. The lowest BCUT2D eigenvalue weighted by Crippen LogP contribution is -2.49. The van der Waals surface area contributed by atoms with Crippen molar-refractivity contribution < 1.29 is 14.4 Å². The van der Waals surface area contributed by atoms with Crippen LogP contribution < -0.4 is 15.5 Å². The monoisotopic (exact) mass is 490 g/mol. The summed E-state index contributed by atoms with van der Waals surface area (Å²) in [6, 6.07) is 12.0. The number of nitrogens with zero attached hydrogens (tertiary/aromatic N) is 2. The number of rotatable bonds is 8. The molecule has 0 bridgehead atoms. The molecule has 35 heavy (non-hydrogen) atoms. The highest BCUT2D eigenvalue weighted by molar-refractivity contribution is 7.12. The van der Waals surface area contributed by atoms with Gasteiger partial charge in [0.25, 0.3) is 5.91 Å². The van der Waals surface area contributed by atoms with Gasteiger partial charge < -0.3 is 10.6 Å². The molecule has 1 saturated carbocycles. The number of thiophene rings is 1. The fourth-order valence-electron chi connectivity index (χ4n) is 4.54. The minimum Gasteiger partial charge on any atom is -0.351 e. The van der Waals surface area contributed by atoms with Crippen LogP contribution in [0.25, 0.3) is 0 Å². The largest absolute Gasteiger partial charge is 0.351 e. The predicted octanol–water partition coefficient (Wildman–Crippen LogP) is 4.32. The molecule has 2 heterocycles. The number of benzene rings is 1. The Kier molecular flexibility index (Phi) is 7.92. The maximum Gasteiger partial charge on any atom is 0.261 e. The Balaban J connectivity index is 1.69. The highest BCUT2D eigenvalue weighted by Crippen LogP contribution is 2.31. The lowest BCUT2D eigenvalue weighted by atomic mass is 10.0. The number of aromatic nitrogens is 1. The molecule has 8 heteroatoms. The first-order valence-corrected chi connectivity index (χ1v) is 12.7. The van der Waals surface area contributed by atoms with Gasteiger partial charge in [-0.25, -0.2) is 0 Å². The number of carbonyl (C=O) groups is 3. The van der Waals surface area contributed by atoms with Crippen molar-refractivity contribution in [3.8, 4) is 0 Å². The second kappa shape index (κ2) is 11.3. The summed E-state index contributed by atoms with van der Waals surface area (Å²) < 4.78 is 0. The Hall–Kier alpha value is -3.52. The van der Waals surface area contributed by atoms with Crippen LogP contribution in [0.5, 0.6) is 0 Å². The van der Waals surface area contributed by atoms with E-state index in [0.29, 0.717) is 16.1 Å². The number of anilines is 1. The lowest BCUT2D eigenvalue weighted by Gasteiger charge is -2.33. The molecule has 2 aromatic heterocycles. The summed E-state index contributed by atoms with van der Waals surface area (Å²) in [6.45, 7) is 3.67. The van der Waals surface area contributed by atoms with Crippen LogP contribution in [-0.2, 0) is 9.59 Å². The number of carbonyl (C=O) groups excluding carboxylic acids is 3.